The molecule has 0 aliphatic carbocycles. The molecule has 4 aromatic rings. The van der Waals surface area contributed by atoms with Crippen molar-refractivity contribution < 1.29 is 23.7 Å². The van der Waals surface area contributed by atoms with Crippen LogP contribution in [0.3, 0.4) is 0 Å². The number of esters is 1. The number of H-pyrrole nitrogens is 1. The third-order valence-corrected chi connectivity index (χ3v) is 5.87. The molecule has 0 saturated carbocycles. The van der Waals surface area contributed by atoms with Gasteiger partial charge in [-0.25, -0.2) is 4.79 Å². The number of halogens is 1. The molecule has 5 rings (SSSR count). The molecule has 168 valence electrons. The Morgan fingerprint density at radius 1 is 1.06 bits per heavy atom. The summed E-state index contributed by atoms with van der Waals surface area (Å²) in [4.78, 5) is 15.9. The monoisotopic (exact) mass is 463 g/mol. The van der Waals surface area contributed by atoms with Crippen molar-refractivity contribution in [3.05, 3.63) is 88.1 Å². The highest BCUT2D eigenvalue weighted by atomic mass is 35.5. The van der Waals surface area contributed by atoms with Gasteiger partial charge in [-0.1, -0.05) is 41.9 Å². The molecule has 0 amide bonds. The molecule has 1 aromatic heterocycles. The van der Waals surface area contributed by atoms with Gasteiger partial charge in [0, 0.05) is 28.4 Å². The average Bonchev–Trinajstić information content (AvgIpc) is 3.43. The zero-order chi connectivity index (χ0) is 22.8. The zero-order valence-corrected chi connectivity index (χ0v) is 18.8. The summed E-state index contributed by atoms with van der Waals surface area (Å²) < 4.78 is 22.2. The predicted octanol–water partition coefficient (Wildman–Crippen LogP) is 5.90. The molecule has 0 spiro atoms. The van der Waals surface area contributed by atoms with Gasteiger partial charge in [-0.3, -0.25) is 0 Å². The number of fused-ring (bicyclic) bond motifs is 2. The Balaban J connectivity index is 1.52. The van der Waals surface area contributed by atoms with Gasteiger partial charge >= 0.3 is 5.97 Å². The first-order valence-corrected chi connectivity index (χ1v) is 11.1. The fourth-order valence-electron chi connectivity index (χ4n) is 3.90. The fourth-order valence-corrected chi connectivity index (χ4v) is 4.12. The first kappa shape index (κ1) is 21.2. The second-order valence-electron chi connectivity index (χ2n) is 7.65. The number of carbonyl (C=O) groups excluding carboxylic acids is 1. The molecule has 0 atom stereocenters. The van der Waals surface area contributed by atoms with E-state index in [9.17, 15) is 4.79 Å². The molecule has 1 aliphatic heterocycles. The Hall–Kier alpha value is -3.64. The fraction of sp³-hybridized carbons (Fsp3) is 0.192. The predicted molar refractivity (Wildman–Crippen MR) is 125 cm³/mol. The number of hydrogen-bond donors (Lipinski definition) is 1. The molecule has 7 heteroatoms. The van der Waals surface area contributed by atoms with Gasteiger partial charge in [-0.05, 0) is 47.9 Å². The number of hydrogen-bond acceptors (Lipinski definition) is 5. The molecular weight excluding hydrogens is 442 g/mol. The molecule has 1 N–H and O–H groups in total. The highest BCUT2D eigenvalue weighted by molar-refractivity contribution is 6.31. The molecule has 0 radical (unpaired) electrons. The van der Waals surface area contributed by atoms with Crippen molar-refractivity contribution in [3.8, 4) is 17.2 Å². The Kier molecular flexibility index (Phi) is 5.84. The number of aromatic amines is 1. The number of aromatic nitrogens is 1. The second kappa shape index (κ2) is 9.08. The van der Waals surface area contributed by atoms with E-state index in [0.29, 0.717) is 41.0 Å². The van der Waals surface area contributed by atoms with E-state index >= 15 is 0 Å². The van der Waals surface area contributed by atoms with Gasteiger partial charge in [0.05, 0.1) is 6.61 Å². The summed E-state index contributed by atoms with van der Waals surface area (Å²) in [5.74, 6) is 1.55. The van der Waals surface area contributed by atoms with Crippen LogP contribution in [0.5, 0.6) is 17.2 Å². The van der Waals surface area contributed by atoms with Gasteiger partial charge in [0.2, 0.25) is 6.79 Å². The second-order valence-corrected chi connectivity index (χ2v) is 8.06. The van der Waals surface area contributed by atoms with Crippen LogP contribution in [0.25, 0.3) is 10.9 Å². The van der Waals surface area contributed by atoms with Crippen LogP contribution >= 0.6 is 11.6 Å². The highest BCUT2D eigenvalue weighted by Gasteiger charge is 2.23. The molecular formula is C26H22ClNO5. The lowest BCUT2D eigenvalue weighted by atomic mass is 10.0. The first-order valence-electron chi connectivity index (χ1n) is 10.7. The maximum absolute atomic E-state index is 12.7. The largest absolute Gasteiger partial charge is 0.489 e. The summed E-state index contributed by atoms with van der Waals surface area (Å²) in [5, 5.41) is 1.41. The van der Waals surface area contributed by atoms with Gasteiger partial charge in [0.15, 0.2) is 11.5 Å². The molecule has 0 saturated heterocycles. The van der Waals surface area contributed by atoms with Crippen molar-refractivity contribution in [1.82, 2.24) is 4.98 Å². The van der Waals surface area contributed by atoms with E-state index in [1.54, 1.807) is 13.0 Å². The van der Waals surface area contributed by atoms with E-state index in [0.717, 1.165) is 27.6 Å². The van der Waals surface area contributed by atoms with E-state index in [2.05, 4.69) is 4.98 Å². The smallest absolute Gasteiger partial charge is 0.355 e. The third kappa shape index (κ3) is 4.34. The summed E-state index contributed by atoms with van der Waals surface area (Å²) >= 11 is 6.53. The standard InChI is InChI=1S/C26H22ClNO5/c1-2-30-26(29)25-20(10-17-11-23-24(13-21(17)27)33-15-32-23)19-12-18(8-9-22(19)28-25)31-14-16-6-4-3-5-7-16/h3-9,11-13,28H,2,10,14-15H2,1H3. The Labute approximate surface area is 196 Å². The van der Waals surface area contributed by atoms with E-state index in [-0.39, 0.29) is 13.4 Å². The molecule has 1 aliphatic rings. The third-order valence-electron chi connectivity index (χ3n) is 5.51. The summed E-state index contributed by atoms with van der Waals surface area (Å²) in [6.45, 7) is 2.68. The topological polar surface area (TPSA) is 69.8 Å². The van der Waals surface area contributed by atoms with Crippen LogP contribution in [-0.4, -0.2) is 24.4 Å². The van der Waals surface area contributed by atoms with Crippen molar-refractivity contribution in [1.29, 1.82) is 0 Å². The number of benzene rings is 3. The maximum atomic E-state index is 12.7. The van der Waals surface area contributed by atoms with Crippen LogP contribution in [0, 0.1) is 0 Å². The quantitative estimate of drug-likeness (QED) is 0.346. The van der Waals surface area contributed by atoms with Crippen LogP contribution in [-0.2, 0) is 17.8 Å². The van der Waals surface area contributed by atoms with Gasteiger partial charge < -0.3 is 23.9 Å². The molecule has 0 bridgehead atoms. The minimum Gasteiger partial charge on any atom is -0.489 e. The zero-order valence-electron chi connectivity index (χ0n) is 18.0. The number of nitrogens with one attached hydrogen (secondary N) is 1. The maximum Gasteiger partial charge on any atom is 0.355 e. The molecule has 0 fully saturated rings. The highest BCUT2D eigenvalue weighted by Crippen LogP contribution is 2.39. The SMILES string of the molecule is CCOC(=O)c1[nH]c2ccc(OCc3ccccc3)cc2c1Cc1cc2c(cc1Cl)OCO2. The summed E-state index contributed by atoms with van der Waals surface area (Å²) in [6.07, 6.45) is 0.408. The van der Waals surface area contributed by atoms with Crippen LogP contribution in [0.4, 0.5) is 0 Å². The van der Waals surface area contributed by atoms with E-state index in [1.165, 1.54) is 0 Å². The first-order chi connectivity index (χ1) is 16.1. The number of rotatable bonds is 7. The van der Waals surface area contributed by atoms with Gasteiger partial charge in [0.25, 0.3) is 0 Å². The van der Waals surface area contributed by atoms with Crippen molar-refractivity contribution >= 4 is 28.5 Å². The normalized spacial score (nSPS) is 12.2. The van der Waals surface area contributed by atoms with Crippen LogP contribution in [0.15, 0.2) is 60.7 Å². The van der Waals surface area contributed by atoms with Crippen molar-refractivity contribution in [2.75, 3.05) is 13.4 Å². The lowest BCUT2D eigenvalue weighted by Gasteiger charge is -2.09. The summed E-state index contributed by atoms with van der Waals surface area (Å²) in [7, 11) is 0. The van der Waals surface area contributed by atoms with E-state index in [1.807, 2.05) is 54.6 Å². The van der Waals surface area contributed by atoms with Crippen molar-refractivity contribution in [2.24, 2.45) is 0 Å². The van der Waals surface area contributed by atoms with Crippen LogP contribution < -0.4 is 14.2 Å². The minimum absolute atomic E-state index is 0.165. The minimum atomic E-state index is -0.410. The molecule has 2 heterocycles. The summed E-state index contributed by atoms with van der Waals surface area (Å²) in [5.41, 5.74) is 3.90. The summed E-state index contributed by atoms with van der Waals surface area (Å²) in [6, 6.07) is 19.3. The molecule has 3 aromatic carbocycles. The molecule has 0 unspecified atom stereocenters. The van der Waals surface area contributed by atoms with Crippen LogP contribution in [0.2, 0.25) is 5.02 Å². The lowest BCUT2D eigenvalue weighted by molar-refractivity contribution is 0.0519. The van der Waals surface area contributed by atoms with Gasteiger partial charge in [0.1, 0.15) is 18.1 Å². The average molecular weight is 464 g/mol. The lowest BCUT2D eigenvalue weighted by Crippen LogP contribution is -2.08. The van der Waals surface area contributed by atoms with Gasteiger partial charge in [-0.15, -0.1) is 0 Å². The Bertz CT molecular complexity index is 1320. The Morgan fingerprint density at radius 3 is 2.64 bits per heavy atom. The van der Waals surface area contributed by atoms with Crippen molar-refractivity contribution in [3.63, 3.8) is 0 Å². The molecule has 6 nitrogen and oxygen atoms in total. The van der Waals surface area contributed by atoms with E-state index < -0.39 is 5.97 Å². The number of ether oxygens (including phenoxy) is 4. The van der Waals surface area contributed by atoms with Crippen molar-refractivity contribution in [2.45, 2.75) is 20.0 Å². The Morgan fingerprint density at radius 2 is 1.85 bits per heavy atom. The van der Waals surface area contributed by atoms with Gasteiger partial charge in [-0.2, -0.15) is 0 Å². The molecule has 33 heavy (non-hydrogen) atoms. The van der Waals surface area contributed by atoms with E-state index in [4.69, 9.17) is 30.5 Å². The van der Waals surface area contributed by atoms with Crippen LogP contribution in [0.1, 0.15) is 34.1 Å². The number of carbonyl (C=O) groups is 1.